The number of rotatable bonds is 1. The highest BCUT2D eigenvalue weighted by Gasteiger charge is 2.16. The maximum Gasteiger partial charge on any atom is 0.412 e. The van der Waals surface area contributed by atoms with Crippen LogP contribution in [0, 0.1) is 6.92 Å². The standard InChI is InChI=1S/C13H17N3O2/c1-9-7-10(8-16-6-5-14-11(9)16)15-12(17)18-13(2,3)4/h5-8H,1-4H3,(H,15,17). The Kier molecular flexibility index (Phi) is 2.98. The van der Waals surface area contributed by atoms with Gasteiger partial charge in [0.05, 0.1) is 5.69 Å². The smallest absolute Gasteiger partial charge is 0.412 e. The molecule has 0 radical (unpaired) electrons. The van der Waals surface area contributed by atoms with E-state index in [4.69, 9.17) is 4.74 Å². The topological polar surface area (TPSA) is 55.6 Å². The summed E-state index contributed by atoms with van der Waals surface area (Å²) in [6, 6.07) is 1.87. The maximum absolute atomic E-state index is 11.7. The number of ether oxygens (including phenoxy) is 1. The van der Waals surface area contributed by atoms with Gasteiger partial charge >= 0.3 is 6.09 Å². The number of amides is 1. The van der Waals surface area contributed by atoms with Gasteiger partial charge in [0.1, 0.15) is 11.2 Å². The highest BCUT2D eigenvalue weighted by molar-refractivity contribution is 5.85. The summed E-state index contributed by atoms with van der Waals surface area (Å²) >= 11 is 0. The SMILES string of the molecule is Cc1cc(NC(=O)OC(C)(C)C)cn2ccnc12. The van der Waals surface area contributed by atoms with Gasteiger partial charge in [-0.1, -0.05) is 0 Å². The van der Waals surface area contributed by atoms with E-state index in [-0.39, 0.29) is 0 Å². The third-order valence-corrected chi connectivity index (χ3v) is 2.32. The first kappa shape index (κ1) is 12.4. The third kappa shape index (κ3) is 2.80. The molecule has 5 heteroatoms. The molecule has 2 heterocycles. The molecule has 0 aliphatic heterocycles. The van der Waals surface area contributed by atoms with E-state index in [1.807, 2.05) is 44.4 Å². The Bertz CT molecular complexity index is 581. The van der Waals surface area contributed by atoms with Crippen molar-refractivity contribution < 1.29 is 9.53 Å². The number of anilines is 1. The summed E-state index contributed by atoms with van der Waals surface area (Å²) < 4.78 is 7.06. The minimum atomic E-state index is -0.502. The molecule has 0 spiro atoms. The van der Waals surface area contributed by atoms with Crippen LogP contribution >= 0.6 is 0 Å². The Balaban J connectivity index is 2.19. The molecular formula is C13H17N3O2. The number of pyridine rings is 1. The molecular weight excluding hydrogens is 230 g/mol. The van der Waals surface area contributed by atoms with Gasteiger partial charge in [-0.05, 0) is 39.3 Å². The van der Waals surface area contributed by atoms with Gasteiger partial charge in [0.25, 0.3) is 0 Å². The highest BCUT2D eigenvalue weighted by atomic mass is 16.6. The molecule has 0 aliphatic carbocycles. The van der Waals surface area contributed by atoms with Crippen LogP contribution in [0.5, 0.6) is 0 Å². The fourth-order valence-electron chi connectivity index (χ4n) is 1.70. The molecule has 0 aliphatic rings. The monoisotopic (exact) mass is 247 g/mol. The number of nitrogens with one attached hydrogen (secondary N) is 1. The van der Waals surface area contributed by atoms with Crippen molar-refractivity contribution in [2.24, 2.45) is 0 Å². The molecule has 2 aromatic heterocycles. The molecule has 2 aromatic rings. The van der Waals surface area contributed by atoms with Crippen LogP contribution in [-0.4, -0.2) is 21.1 Å². The summed E-state index contributed by atoms with van der Waals surface area (Å²) in [6.07, 6.45) is 4.91. The zero-order valence-corrected chi connectivity index (χ0v) is 11.0. The van der Waals surface area contributed by atoms with E-state index in [9.17, 15) is 4.79 Å². The van der Waals surface area contributed by atoms with Crippen molar-refractivity contribution in [3.63, 3.8) is 0 Å². The molecule has 0 atom stereocenters. The molecule has 0 saturated heterocycles. The van der Waals surface area contributed by atoms with E-state index in [0.29, 0.717) is 5.69 Å². The lowest BCUT2D eigenvalue weighted by atomic mass is 10.2. The normalized spacial score (nSPS) is 11.6. The Morgan fingerprint density at radius 2 is 2.17 bits per heavy atom. The zero-order valence-electron chi connectivity index (χ0n) is 11.0. The summed E-state index contributed by atoms with van der Waals surface area (Å²) in [4.78, 5) is 15.9. The number of aromatic nitrogens is 2. The van der Waals surface area contributed by atoms with Crippen molar-refractivity contribution >= 4 is 17.4 Å². The average molecular weight is 247 g/mol. The number of aryl methyl sites for hydroxylation is 1. The van der Waals surface area contributed by atoms with Gasteiger partial charge in [-0.2, -0.15) is 0 Å². The fourth-order valence-corrected chi connectivity index (χ4v) is 1.70. The van der Waals surface area contributed by atoms with Gasteiger partial charge in [-0.15, -0.1) is 0 Å². The van der Waals surface area contributed by atoms with E-state index in [0.717, 1.165) is 11.2 Å². The van der Waals surface area contributed by atoms with Crippen molar-refractivity contribution in [3.8, 4) is 0 Å². The molecule has 0 bridgehead atoms. The first-order valence-corrected chi connectivity index (χ1v) is 5.78. The molecule has 0 fully saturated rings. The van der Waals surface area contributed by atoms with Crippen LogP contribution in [-0.2, 0) is 4.74 Å². The van der Waals surface area contributed by atoms with Crippen LogP contribution < -0.4 is 5.32 Å². The summed E-state index contributed by atoms with van der Waals surface area (Å²) in [5.41, 5.74) is 2.06. The van der Waals surface area contributed by atoms with Crippen molar-refractivity contribution in [3.05, 3.63) is 30.2 Å². The van der Waals surface area contributed by atoms with Gasteiger partial charge in [0.2, 0.25) is 0 Å². The van der Waals surface area contributed by atoms with Crippen molar-refractivity contribution in [1.82, 2.24) is 9.38 Å². The van der Waals surface area contributed by atoms with Crippen LogP contribution in [0.15, 0.2) is 24.7 Å². The Morgan fingerprint density at radius 1 is 1.44 bits per heavy atom. The van der Waals surface area contributed by atoms with Crippen LogP contribution in [0.25, 0.3) is 5.65 Å². The summed E-state index contributed by atoms with van der Waals surface area (Å²) in [7, 11) is 0. The van der Waals surface area contributed by atoms with Gasteiger partial charge in [0.15, 0.2) is 0 Å². The Morgan fingerprint density at radius 3 is 2.83 bits per heavy atom. The van der Waals surface area contributed by atoms with Gasteiger partial charge in [-0.3, -0.25) is 5.32 Å². The van der Waals surface area contributed by atoms with Crippen LogP contribution in [0.1, 0.15) is 26.3 Å². The first-order chi connectivity index (χ1) is 8.35. The predicted octanol–water partition coefficient (Wildman–Crippen LogP) is 2.99. The van der Waals surface area contributed by atoms with Crippen LogP contribution in [0.4, 0.5) is 10.5 Å². The van der Waals surface area contributed by atoms with Crippen LogP contribution in [0.2, 0.25) is 0 Å². The largest absolute Gasteiger partial charge is 0.444 e. The Labute approximate surface area is 106 Å². The maximum atomic E-state index is 11.7. The zero-order chi connectivity index (χ0) is 13.3. The van der Waals surface area contributed by atoms with E-state index >= 15 is 0 Å². The molecule has 0 saturated carbocycles. The molecule has 1 N–H and O–H groups in total. The lowest BCUT2D eigenvalue weighted by Gasteiger charge is -2.19. The van der Waals surface area contributed by atoms with E-state index in [2.05, 4.69) is 10.3 Å². The summed E-state index contributed by atoms with van der Waals surface area (Å²) in [5, 5.41) is 2.71. The summed E-state index contributed by atoms with van der Waals surface area (Å²) in [6.45, 7) is 7.44. The number of imidazole rings is 1. The minimum Gasteiger partial charge on any atom is -0.444 e. The first-order valence-electron chi connectivity index (χ1n) is 5.78. The number of hydrogen-bond donors (Lipinski definition) is 1. The second kappa shape index (κ2) is 4.33. The number of fused-ring (bicyclic) bond motifs is 1. The van der Waals surface area contributed by atoms with Gasteiger partial charge < -0.3 is 9.14 Å². The highest BCUT2D eigenvalue weighted by Crippen LogP contribution is 2.16. The van der Waals surface area contributed by atoms with E-state index in [1.165, 1.54) is 0 Å². The Hall–Kier alpha value is -2.04. The molecule has 18 heavy (non-hydrogen) atoms. The van der Waals surface area contributed by atoms with E-state index < -0.39 is 11.7 Å². The number of hydrogen-bond acceptors (Lipinski definition) is 3. The molecule has 0 unspecified atom stereocenters. The molecule has 5 nitrogen and oxygen atoms in total. The van der Waals surface area contributed by atoms with Gasteiger partial charge in [-0.25, -0.2) is 9.78 Å². The average Bonchev–Trinajstić information content (AvgIpc) is 2.62. The number of carbonyl (C=O) groups excluding carboxylic acids is 1. The fraction of sp³-hybridized carbons (Fsp3) is 0.385. The number of nitrogens with zero attached hydrogens (tertiary/aromatic N) is 2. The minimum absolute atomic E-state index is 0.457. The molecule has 1 amide bonds. The lowest BCUT2D eigenvalue weighted by Crippen LogP contribution is -2.27. The molecule has 0 aromatic carbocycles. The summed E-state index contributed by atoms with van der Waals surface area (Å²) in [5.74, 6) is 0. The predicted molar refractivity (Wildman–Crippen MR) is 69.8 cm³/mol. The molecule has 96 valence electrons. The lowest BCUT2D eigenvalue weighted by molar-refractivity contribution is 0.0636. The van der Waals surface area contributed by atoms with Crippen molar-refractivity contribution in [2.75, 3.05) is 5.32 Å². The van der Waals surface area contributed by atoms with Gasteiger partial charge in [0, 0.05) is 18.6 Å². The van der Waals surface area contributed by atoms with Crippen molar-refractivity contribution in [1.29, 1.82) is 0 Å². The second-order valence-electron chi connectivity index (χ2n) is 5.20. The quantitative estimate of drug-likeness (QED) is 0.842. The number of carbonyl (C=O) groups is 1. The second-order valence-corrected chi connectivity index (χ2v) is 5.20. The third-order valence-electron chi connectivity index (χ3n) is 2.32. The van der Waals surface area contributed by atoms with Crippen LogP contribution in [0.3, 0.4) is 0 Å². The van der Waals surface area contributed by atoms with Crippen molar-refractivity contribution in [2.45, 2.75) is 33.3 Å². The molecule has 2 rings (SSSR count). The van der Waals surface area contributed by atoms with E-state index in [1.54, 1.807) is 12.4 Å².